The predicted octanol–water partition coefficient (Wildman–Crippen LogP) is 5.81. The van der Waals surface area contributed by atoms with Gasteiger partial charge < -0.3 is 19.5 Å². The van der Waals surface area contributed by atoms with Gasteiger partial charge in [-0.3, -0.25) is 14.6 Å². The van der Waals surface area contributed by atoms with E-state index < -0.39 is 0 Å². The quantitative estimate of drug-likeness (QED) is 0.230. The molecule has 0 saturated heterocycles. The third-order valence-corrected chi connectivity index (χ3v) is 7.32. The Bertz CT molecular complexity index is 1670. The number of hydrogen-bond donors (Lipinski definition) is 2. The summed E-state index contributed by atoms with van der Waals surface area (Å²) in [7, 11) is 3.38. The molecule has 0 fully saturated rings. The van der Waals surface area contributed by atoms with E-state index in [0.717, 1.165) is 44.4 Å². The number of H-pyrrole nitrogens is 1. The van der Waals surface area contributed by atoms with Gasteiger partial charge in [0.05, 0.1) is 4.88 Å². The van der Waals surface area contributed by atoms with E-state index in [1.54, 1.807) is 19.1 Å². The van der Waals surface area contributed by atoms with Crippen molar-refractivity contribution < 1.29 is 19.4 Å². The van der Waals surface area contributed by atoms with Crippen LogP contribution in [-0.4, -0.2) is 41.8 Å². The second-order valence-electron chi connectivity index (χ2n) is 9.30. The molecule has 8 heteroatoms. The van der Waals surface area contributed by atoms with Crippen molar-refractivity contribution in [1.82, 2.24) is 9.88 Å². The average Bonchev–Trinajstić information content (AvgIpc) is 3.27. The standard InChI is InChI=1S/C31H28N2O5S/c1-33(30(35)26-11-10-25-17-27(38-19-37-2)13-12-24(25)16-26)18-21-4-3-5-23(14-21)22-8-6-20(7-9-22)15-28-29(34)32-31(36)39-28/h3-14,16-17,34H,15,18-19H2,1-2H3,(H,32,36). The summed E-state index contributed by atoms with van der Waals surface area (Å²) >= 11 is 1.02. The zero-order valence-electron chi connectivity index (χ0n) is 21.6. The molecule has 198 valence electrons. The van der Waals surface area contributed by atoms with Crippen LogP contribution in [0.25, 0.3) is 21.9 Å². The van der Waals surface area contributed by atoms with Crippen molar-refractivity contribution in [3.05, 3.63) is 116 Å². The van der Waals surface area contributed by atoms with Crippen LogP contribution in [0.3, 0.4) is 0 Å². The summed E-state index contributed by atoms with van der Waals surface area (Å²) in [6.45, 7) is 0.655. The summed E-state index contributed by atoms with van der Waals surface area (Å²) in [5.74, 6) is 0.598. The summed E-state index contributed by atoms with van der Waals surface area (Å²) in [4.78, 5) is 29.1. The van der Waals surface area contributed by atoms with E-state index in [1.807, 2.05) is 78.9 Å². The Morgan fingerprint density at radius 2 is 1.69 bits per heavy atom. The molecule has 0 unspecified atom stereocenters. The minimum atomic E-state index is -0.262. The number of amides is 1. The number of ether oxygens (including phenoxy) is 2. The highest BCUT2D eigenvalue weighted by Gasteiger charge is 2.14. The van der Waals surface area contributed by atoms with Crippen molar-refractivity contribution in [3.63, 3.8) is 0 Å². The zero-order chi connectivity index (χ0) is 27.4. The Morgan fingerprint density at radius 1 is 0.923 bits per heavy atom. The number of benzene rings is 4. The lowest BCUT2D eigenvalue weighted by Gasteiger charge is -2.18. The lowest BCUT2D eigenvalue weighted by atomic mass is 10.0. The molecular formula is C31H28N2O5S. The molecule has 2 N–H and O–H groups in total. The van der Waals surface area contributed by atoms with Gasteiger partial charge in [0.2, 0.25) is 5.88 Å². The Labute approximate surface area is 229 Å². The molecule has 0 bridgehead atoms. The molecule has 0 atom stereocenters. The van der Waals surface area contributed by atoms with Gasteiger partial charge in [0.25, 0.3) is 5.91 Å². The number of carbonyl (C=O) groups excluding carboxylic acids is 1. The number of hydrogen-bond acceptors (Lipinski definition) is 6. The molecule has 39 heavy (non-hydrogen) atoms. The largest absolute Gasteiger partial charge is 0.494 e. The van der Waals surface area contributed by atoms with Crippen LogP contribution in [-0.2, 0) is 17.7 Å². The molecule has 1 amide bonds. The molecule has 1 heterocycles. The SMILES string of the molecule is COCOc1ccc2cc(C(=O)N(C)Cc3cccc(-c4ccc(Cc5sc(=O)[nH]c5O)cc4)c3)ccc2c1. The number of methoxy groups -OCH3 is 1. The Morgan fingerprint density at radius 3 is 2.44 bits per heavy atom. The Balaban J connectivity index is 1.26. The maximum absolute atomic E-state index is 13.2. The maximum atomic E-state index is 13.2. The fourth-order valence-corrected chi connectivity index (χ4v) is 5.22. The summed E-state index contributed by atoms with van der Waals surface area (Å²) in [6, 6.07) is 27.6. The number of aromatic nitrogens is 1. The van der Waals surface area contributed by atoms with Crippen LogP contribution in [0.5, 0.6) is 11.6 Å². The van der Waals surface area contributed by atoms with Crippen LogP contribution in [0.2, 0.25) is 0 Å². The van der Waals surface area contributed by atoms with Crippen LogP contribution in [0.1, 0.15) is 26.4 Å². The third-order valence-electron chi connectivity index (χ3n) is 6.45. The van der Waals surface area contributed by atoms with Gasteiger partial charge in [0.1, 0.15) is 5.75 Å². The molecule has 0 aliphatic heterocycles. The van der Waals surface area contributed by atoms with Crippen LogP contribution >= 0.6 is 11.3 Å². The van der Waals surface area contributed by atoms with Crippen LogP contribution < -0.4 is 9.61 Å². The van der Waals surface area contributed by atoms with Gasteiger partial charge in [-0.15, -0.1) is 0 Å². The van der Waals surface area contributed by atoms with Gasteiger partial charge in [-0.1, -0.05) is 65.9 Å². The van der Waals surface area contributed by atoms with E-state index in [1.165, 1.54) is 0 Å². The van der Waals surface area contributed by atoms with E-state index in [2.05, 4.69) is 11.1 Å². The fraction of sp³-hybridized carbons (Fsp3) is 0.161. The zero-order valence-corrected chi connectivity index (χ0v) is 22.5. The van der Waals surface area contributed by atoms with Crippen molar-refractivity contribution >= 4 is 28.0 Å². The van der Waals surface area contributed by atoms with Gasteiger partial charge in [-0.25, -0.2) is 0 Å². The van der Waals surface area contributed by atoms with Crippen molar-refractivity contribution in [3.8, 4) is 22.8 Å². The van der Waals surface area contributed by atoms with E-state index in [-0.39, 0.29) is 23.5 Å². The first-order valence-corrected chi connectivity index (χ1v) is 13.2. The summed E-state index contributed by atoms with van der Waals surface area (Å²) < 4.78 is 10.5. The molecule has 0 saturated carbocycles. The maximum Gasteiger partial charge on any atom is 0.307 e. The van der Waals surface area contributed by atoms with Crippen molar-refractivity contribution in [1.29, 1.82) is 0 Å². The summed E-state index contributed by atoms with van der Waals surface area (Å²) in [5, 5.41) is 11.8. The van der Waals surface area contributed by atoms with Crippen molar-refractivity contribution in [2.45, 2.75) is 13.0 Å². The van der Waals surface area contributed by atoms with E-state index >= 15 is 0 Å². The highest BCUT2D eigenvalue weighted by Crippen LogP contribution is 2.26. The molecule has 0 spiro atoms. The van der Waals surface area contributed by atoms with Gasteiger partial charge >= 0.3 is 4.87 Å². The van der Waals surface area contributed by atoms with E-state index in [4.69, 9.17) is 9.47 Å². The van der Waals surface area contributed by atoms with Gasteiger partial charge in [-0.05, 0) is 63.4 Å². The number of rotatable bonds is 9. The normalized spacial score (nSPS) is 11.0. The number of nitrogens with one attached hydrogen (secondary N) is 1. The number of aromatic amines is 1. The van der Waals surface area contributed by atoms with E-state index in [9.17, 15) is 14.7 Å². The third kappa shape index (κ3) is 6.19. The first-order valence-electron chi connectivity index (χ1n) is 12.4. The lowest BCUT2D eigenvalue weighted by molar-refractivity contribution is 0.0512. The number of thiazole rings is 1. The van der Waals surface area contributed by atoms with Crippen LogP contribution in [0.15, 0.2) is 89.7 Å². The number of aromatic hydroxyl groups is 1. The minimum absolute atomic E-state index is 0.0540. The van der Waals surface area contributed by atoms with Crippen molar-refractivity contribution in [2.75, 3.05) is 21.0 Å². The molecule has 5 aromatic rings. The minimum Gasteiger partial charge on any atom is -0.494 e. The molecule has 1 aromatic heterocycles. The first-order chi connectivity index (χ1) is 18.9. The van der Waals surface area contributed by atoms with Gasteiger partial charge in [0, 0.05) is 32.7 Å². The van der Waals surface area contributed by atoms with Crippen LogP contribution in [0, 0.1) is 0 Å². The molecular weight excluding hydrogens is 512 g/mol. The first kappa shape index (κ1) is 26.2. The average molecular weight is 541 g/mol. The number of fused-ring (bicyclic) bond motifs is 1. The molecule has 7 nitrogen and oxygen atoms in total. The van der Waals surface area contributed by atoms with Gasteiger partial charge in [-0.2, -0.15) is 0 Å². The predicted molar refractivity (Wildman–Crippen MR) is 154 cm³/mol. The monoisotopic (exact) mass is 540 g/mol. The molecule has 0 radical (unpaired) electrons. The fourth-order valence-electron chi connectivity index (χ4n) is 4.46. The molecule has 0 aliphatic carbocycles. The molecule has 0 aliphatic rings. The summed E-state index contributed by atoms with van der Waals surface area (Å²) in [5.41, 5.74) is 4.74. The number of carbonyl (C=O) groups is 1. The molecule has 5 rings (SSSR count). The molecule has 4 aromatic carbocycles. The smallest absolute Gasteiger partial charge is 0.307 e. The van der Waals surface area contributed by atoms with Crippen LogP contribution in [0.4, 0.5) is 0 Å². The topological polar surface area (TPSA) is 91.9 Å². The van der Waals surface area contributed by atoms with Crippen molar-refractivity contribution in [2.24, 2.45) is 0 Å². The second-order valence-corrected chi connectivity index (χ2v) is 10.4. The number of nitrogens with zero attached hydrogens (tertiary/aromatic N) is 1. The van der Waals surface area contributed by atoms with E-state index in [0.29, 0.717) is 29.2 Å². The second kappa shape index (κ2) is 11.6. The highest BCUT2D eigenvalue weighted by molar-refractivity contribution is 7.09. The Kier molecular flexibility index (Phi) is 7.76. The Hall–Kier alpha value is -4.40. The van der Waals surface area contributed by atoms with Gasteiger partial charge in [0.15, 0.2) is 6.79 Å². The highest BCUT2D eigenvalue weighted by atomic mass is 32.1. The lowest BCUT2D eigenvalue weighted by Crippen LogP contribution is -2.26. The summed E-state index contributed by atoms with van der Waals surface area (Å²) in [6.07, 6.45) is 0.486.